The van der Waals surface area contributed by atoms with Crippen LogP contribution in [-0.2, 0) is 16.0 Å². The number of ether oxygens (including phenoxy) is 1. The molecule has 0 radical (unpaired) electrons. The van der Waals surface area contributed by atoms with Crippen molar-refractivity contribution in [1.82, 2.24) is 4.98 Å². The zero-order valence-electron chi connectivity index (χ0n) is 8.61. The van der Waals surface area contributed by atoms with Gasteiger partial charge in [0, 0.05) is 0 Å². The standard InChI is InChI=1S/C11H11NO2S/c1-7-12-9-5-8(6-11(13)14-2)3-4-10(9)15-7/h3-5H,6H2,1-2H3. The first-order valence-corrected chi connectivity index (χ1v) is 5.43. The van der Waals surface area contributed by atoms with Crippen molar-refractivity contribution in [2.24, 2.45) is 0 Å². The fourth-order valence-corrected chi connectivity index (χ4v) is 2.24. The van der Waals surface area contributed by atoms with Gasteiger partial charge in [0.25, 0.3) is 0 Å². The molecule has 0 amide bonds. The summed E-state index contributed by atoms with van der Waals surface area (Å²) in [6.07, 6.45) is 0.309. The van der Waals surface area contributed by atoms with Crippen molar-refractivity contribution in [3.05, 3.63) is 28.8 Å². The predicted octanol–water partition coefficient (Wildman–Crippen LogP) is 2.32. The normalized spacial score (nSPS) is 10.5. The topological polar surface area (TPSA) is 39.2 Å². The maximum atomic E-state index is 11.1. The summed E-state index contributed by atoms with van der Waals surface area (Å²) in [7, 11) is 1.40. The summed E-state index contributed by atoms with van der Waals surface area (Å²) in [4.78, 5) is 15.5. The van der Waals surface area contributed by atoms with Gasteiger partial charge in [-0.1, -0.05) is 6.07 Å². The fraction of sp³-hybridized carbons (Fsp3) is 0.273. The molecule has 1 aromatic carbocycles. The molecule has 0 unspecified atom stereocenters. The largest absolute Gasteiger partial charge is 0.469 e. The molecular weight excluding hydrogens is 210 g/mol. The zero-order valence-corrected chi connectivity index (χ0v) is 9.43. The third kappa shape index (κ3) is 2.15. The number of methoxy groups -OCH3 is 1. The summed E-state index contributed by atoms with van der Waals surface area (Å²) in [5.74, 6) is -0.221. The second-order valence-corrected chi connectivity index (χ2v) is 4.52. The van der Waals surface area contributed by atoms with Crippen LogP contribution in [-0.4, -0.2) is 18.1 Å². The van der Waals surface area contributed by atoms with E-state index in [-0.39, 0.29) is 5.97 Å². The van der Waals surface area contributed by atoms with Crippen LogP contribution in [0.5, 0.6) is 0 Å². The number of aromatic nitrogens is 1. The molecule has 2 rings (SSSR count). The molecule has 4 heteroatoms. The summed E-state index contributed by atoms with van der Waals surface area (Å²) in [5, 5.41) is 1.04. The number of hydrogen-bond acceptors (Lipinski definition) is 4. The van der Waals surface area contributed by atoms with Gasteiger partial charge in [-0.3, -0.25) is 4.79 Å². The summed E-state index contributed by atoms with van der Waals surface area (Å²) >= 11 is 1.66. The van der Waals surface area contributed by atoms with Crippen LogP contribution in [0.25, 0.3) is 10.2 Å². The lowest BCUT2D eigenvalue weighted by atomic mass is 10.1. The molecule has 0 aliphatic carbocycles. The number of nitrogens with zero attached hydrogens (tertiary/aromatic N) is 1. The van der Waals surface area contributed by atoms with Gasteiger partial charge in [-0.25, -0.2) is 4.98 Å². The number of fused-ring (bicyclic) bond motifs is 1. The minimum atomic E-state index is -0.221. The Labute approximate surface area is 91.7 Å². The molecule has 1 aromatic heterocycles. The number of thiazole rings is 1. The molecule has 0 saturated carbocycles. The molecule has 0 N–H and O–H groups in total. The van der Waals surface area contributed by atoms with Gasteiger partial charge in [0.05, 0.1) is 28.8 Å². The molecule has 15 heavy (non-hydrogen) atoms. The molecule has 78 valence electrons. The number of aryl methyl sites for hydroxylation is 1. The van der Waals surface area contributed by atoms with Gasteiger partial charge in [0.1, 0.15) is 0 Å². The summed E-state index contributed by atoms with van der Waals surface area (Å²) in [5.41, 5.74) is 1.90. The Morgan fingerprint density at radius 1 is 1.53 bits per heavy atom. The average Bonchev–Trinajstić information content (AvgIpc) is 2.57. The molecule has 0 aliphatic rings. The Morgan fingerprint density at radius 3 is 3.07 bits per heavy atom. The summed E-state index contributed by atoms with van der Waals surface area (Å²) < 4.78 is 5.77. The van der Waals surface area contributed by atoms with E-state index in [0.29, 0.717) is 6.42 Å². The smallest absolute Gasteiger partial charge is 0.309 e. The van der Waals surface area contributed by atoms with E-state index in [2.05, 4.69) is 9.72 Å². The van der Waals surface area contributed by atoms with Crippen LogP contribution < -0.4 is 0 Å². The fourth-order valence-electron chi connectivity index (χ4n) is 1.44. The van der Waals surface area contributed by atoms with E-state index in [9.17, 15) is 4.79 Å². The SMILES string of the molecule is COC(=O)Cc1ccc2sc(C)nc2c1. The molecule has 0 spiro atoms. The monoisotopic (exact) mass is 221 g/mol. The summed E-state index contributed by atoms with van der Waals surface area (Å²) in [6, 6.07) is 5.88. The van der Waals surface area contributed by atoms with Crippen molar-refractivity contribution in [3.63, 3.8) is 0 Å². The van der Waals surface area contributed by atoms with Crippen molar-refractivity contribution in [3.8, 4) is 0 Å². The molecule has 0 saturated heterocycles. The van der Waals surface area contributed by atoms with Gasteiger partial charge < -0.3 is 4.74 Å². The van der Waals surface area contributed by atoms with E-state index >= 15 is 0 Å². The molecule has 2 aromatic rings. The van der Waals surface area contributed by atoms with Crippen LogP contribution >= 0.6 is 11.3 Å². The number of benzene rings is 1. The van der Waals surface area contributed by atoms with E-state index < -0.39 is 0 Å². The Balaban J connectivity index is 2.33. The molecular formula is C11H11NO2S. The molecule has 0 atom stereocenters. The second kappa shape index (κ2) is 3.98. The zero-order chi connectivity index (χ0) is 10.8. The second-order valence-electron chi connectivity index (χ2n) is 3.29. The Hall–Kier alpha value is -1.42. The van der Waals surface area contributed by atoms with E-state index in [1.54, 1.807) is 11.3 Å². The van der Waals surface area contributed by atoms with Crippen molar-refractivity contribution in [2.75, 3.05) is 7.11 Å². The van der Waals surface area contributed by atoms with Crippen molar-refractivity contribution in [1.29, 1.82) is 0 Å². The maximum absolute atomic E-state index is 11.1. The van der Waals surface area contributed by atoms with E-state index in [1.807, 2.05) is 25.1 Å². The van der Waals surface area contributed by atoms with E-state index in [0.717, 1.165) is 20.8 Å². The minimum absolute atomic E-state index is 0.221. The first-order valence-electron chi connectivity index (χ1n) is 4.62. The maximum Gasteiger partial charge on any atom is 0.309 e. The average molecular weight is 221 g/mol. The minimum Gasteiger partial charge on any atom is -0.469 e. The number of carbonyl (C=O) groups excluding carboxylic acids is 1. The molecule has 0 bridgehead atoms. The highest BCUT2D eigenvalue weighted by Gasteiger charge is 2.05. The highest BCUT2D eigenvalue weighted by Crippen LogP contribution is 2.22. The van der Waals surface area contributed by atoms with Gasteiger partial charge in [-0.05, 0) is 24.6 Å². The Kier molecular flexibility index (Phi) is 2.68. The number of hydrogen-bond donors (Lipinski definition) is 0. The van der Waals surface area contributed by atoms with Crippen LogP contribution in [0.4, 0.5) is 0 Å². The third-order valence-corrected chi connectivity index (χ3v) is 3.09. The molecule has 1 heterocycles. The van der Waals surface area contributed by atoms with E-state index in [4.69, 9.17) is 0 Å². The lowest BCUT2D eigenvalue weighted by Crippen LogP contribution is -2.03. The van der Waals surface area contributed by atoms with Crippen LogP contribution in [0.15, 0.2) is 18.2 Å². The third-order valence-electron chi connectivity index (χ3n) is 2.14. The highest BCUT2D eigenvalue weighted by atomic mass is 32.1. The van der Waals surface area contributed by atoms with Gasteiger partial charge >= 0.3 is 5.97 Å². The van der Waals surface area contributed by atoms with Crippen LogP contribution in [0.2, 0.25) is 0 Å². The van der Waals surface area contributed by atoms with E-state index in [1.165, 1.54) is 7.11 Å². The van der Waals surface area contributed by atoms with Gasteiger partial charge in [-0.15, -0.1) is 11.3 Å². The first-order chi connectivity index (χ1) is 7.19. The van der Waals surface area contributed by atoms with Crippen LogP contribution in [0.3, 0.4) is 0 Å². The Morgan fingerprint density at radius 2 is 2.33 bits per heavy atom. The quantitative estimate of drug-likeness (QED) is 0.730. The number of esters is 1. The Bertz CT molecular complexity index is 504. The summed E-state index contributed by atoms with van der Waals surface area (Å²) in [6.45, 7) is 1.98. The molecule has 3 nitrogen and oxygen atoms in total. The predicted molar refractivity (Wildman–Crippen MR) is 60.1 cm³/mol. The van der Waals surface area contributed by atoms with Gasteiger partial charge in [0.15, 0.2) is 0 Å². The van der Waals surface area contributed by atoms with Crippen molar-refractivity contribution in [2.45, 2.75) is 13.3 Å². The van der Waals surface area contributed by atoms with Gasteiger partial charge in [0.2, 0.25) is 0 Å². The number of carbonyl (C=O) groups is 1. The van der Waals surface area contributed by atoms with Crippen LogP contribution in [0, 0.1) is 6.92 Å². The van der Waals surface area contributed by atoms with Crippen LogP contribution in [0.1, 0.15) is 10.6 Å². The van der Waals surface area contributed by atoms with Crippen molar-refractivity contribution < 1.29 is 9.53 Å². The molecule has 0 fully saturated rings. The van der Waals surface area contributed by atoms with Gasteiger partial charge in [-0.2, -0.15) is 0 Å². The lowest BCUT2D eigenvalue weighted by Gasteiger charge is -1.99. The van der Waals surface area contributed by atoms with Crippen molar-refractivity contribution >= 4 is 27.5 Å². The highest BCUT2D eigenvalue weighted by molar-refractivity contribution is 7.18. The number of rotatable bonds is 2. The molecule has 0 aliphatic heterocycles. The lowest BCUT2D eigenvalue weighted by molar-refractivity contribution is -0.139. The first kappa shape index (κ1) is 10.1.